The van der Waals surface area contributed by atoms with Crippen LogP contribution in [0, 0.1) is 11.3 Å². The third-order valence-electron chi connectivity index (χ3n) is 3.81. The molecule has 0 N–H and O–H groups in total. The van der Waals surface area contributed by atoms with Crippen molar-refractivity contribution in [3.05, 3.63) is 0 Å². The van der Waals surface area contributed by atoms with Crippen LogP contribution in [0.1, 0.15) is 67.2 Å². The van der Waals surface area contributed by atoms with Gasteiger partial charge in [0.1, 0.15) is 11.5 Å². The van der Waals surface area contributed by atoms with Crippen molar-refractivity contribution in [1.82, 2.24) is 0 Å². The standard InChI is InChI=1S/C17H32O5/c1-7-11-17(8-2,15(18)20-9-3)14(12-13(5)6)22-16(19)21-10-4/h13-14H,7-12H2,1-6H3. The molecule has 130 valence electrons. The fourth-order valence-corrected chi connectivity index (χ4v) is 2.75. The first-order valence-corrected chi connectivity index (χ1v) is 8.38. The molecule has 0 amide bonds. The zero-order valence-electron chi connectivity index (χ0n) is 14.9. The van der Waals surface area contributed by atoms with Gasteiger partial charge in [0.15, 0.2) is 0 Å². The smallest absolute Gasteiger partial charge is 0.465 e. The zero-order valence-corrected chi connectivity index (χ0v) is 14.9. The summed E-state index contributed by atoms with van der Waals surface area (Å²) in [4.78, 5) is 24.4. The molecule has 0 saturated carbocycles. The van der Waals surface area contributed by atoms with Gasteiger partial charge in [0.2, 0.25) is 0 Å². The zero-order chi connectivity index (χ0) is 17.2. The van der Waals surface area contributed by atoms with E-state index in [0.29, 0.717) is 25.9 Å². The van der Waals surface area contributed by atoms with E-state index < -0.39 is 17.7 Å². The Morgan fingerprint density at radius 1 is 1.00 bits per heavy atom. The minimum atomic E-state index is -0.804. The number of carbonyl (C=O) groups is 2. The van der Waals surface area contributed by atoms with Crippen molar-refractivity contribution in [2.24, 2.45) is 11.3 Å². The molecule has 0 aliphatic carbocycles. The van der Waals surface area contributed by atoms with Crippen LogP contribution in [-0.2, 0) is 19.0 Å². The molecule has 0 saturated heterocycles. The Morgan fingerprint density at radius 2 is 1.59 bits per heavy atom. The normalized spacial score (nSPS) is 15.0. The summed E-state index contributed by atoms with van der Waals surface area (Å²) in [5.41, 5.74) is -0.804. The Bertz CT molecular complexity index is 340. The van der Waals surface area contributed by atoms with E-state index in [4.69, 9.17) is 14.2 Å². The van der Waals surface area contributed by atoms with Crippen LogP contribution < -0.4 is 0 Å². The summed E-state index contributed by atoms with van der Waals surface area (Å²) in [6.45, 7) is 12.1. The van der Waals surface area contributed by atoms with Gasteiger partial charge in [-0.25, -0.2) is 4.79 Å². The number of carbonyl (C=O) groups excluding carboxylic acids is 2. The van der Waals surface area contributed by atoms with Gasteiger partial charge in [-0.15, -0.1) is 0 Å². The Hall–Kier alpha value is -1.26. The average molecular weight is 316 g/mol. The third-order valence-corrected chi connectivity index (χ3v) is 3.81. The molecule has 0 aromatic heterocycles. The Labute approximate surface area is 134 Å². The molecule has 0 spiro atoms. The minimum absolute atomic E-state index is 0.250. The quantitative estimate of drug-likeness (QED) is 0.561. The van der Waals surface area contributed by atoms with E-state index in [0.717, 1.165) is 6.42 Å². The van der Waals surface area contributed by atoms with Crippen LogP contribution >= 0.6 is 0 Å². The maximum atomic E-state index is 12.6. The van der Waals surface area contributed by atoms with Crippen LogP contribution in [0.25, 0.3) is 0 Å². The highest BCUT2D eigenvalue weighted by Crippen LogP contribution is 2.39. The lowest BCUT2D eigenvalue weighted by molar-refractivity contribution is -0.166. The molecule has 5 nitrogen and oxygen atoms in total. The number of rotatable bonds is 10. The fraction of sp³-hybridized carbons (Fsp3) is 0.882. The molecule has 0 radical (unpaired) electrons. The van der Waals surface area contributed by atoms with Gasteiger partial charge in [-0.2, -0.15) is 0 Å². The van der Waals surface area contributed by atoms with Crippen molar-refractivity contribution >= 4 is 12.1 Å². The average Bonchev–Trinajstić information content (AvgIpc) is 2.44. The summed E-state index contributed by atoms with van der Waals surface area (Å²) in [7, 11) is 0. The predicted molar refractivity (Wildman–Crippen MR) is 85.6 cm³/mol. The largest absolute Gasteiger partial charge is 0.508 e. The second-order valence-electron chi connectivity index (χ2n) is 5.90. The van der Waals surface area contributed by atoms with Gasteiger partial charge in [-0.05, 0) is 39.0 Å². The van der Waals surface area contributed by atoms with Crippen molar-refractivity contribution in [2.45, 2.75) is 73.3 Å². The first-order valence-electron chi connectivity index (χ1n) is 8.38. The summed E-state index contributed by atoms with van der Waals surface area (Å²) in [6, 6.07) is 0. The van der Waals surface area contributed by atoms with Crippen molar-refractivity contribution in [3.8, 4) is 0 Å². The molecule has 0 aromatic carbocycles. The first kappa shape index (κ1) is 20.7. The summed E-state index contributed by atoms with van der Waals surface area (Å²) >= 11 is 0. The van der Waals surface area contributed by atoms with Gasteiger partial charge in [-0.3, -0.25) is 4.79 Å². The topological polar surface area (TPSA) is 61.8 Å². The van der Waals surface area contributed by atoms with Crippen molar-refractivity contribution in [2.75, 3.05) is 13.2 Å². The second-order valence-corrected chi connectivity index (χ2v) is 5.90. The molecule has 0 rings (SSSR count). The fourth-order valence-electron chi connectivity index (χ4n) is 2.75. The van der Waals surface area contributed by atoms with Gasteiger partial charge in [0, 0.05) is 0 Å². The van der Waals surface area contributed by atoms with E-state index in [1.54, 1.807) is 13.8 Å². The Kier molecular flexibility index (Phi) is 9.86. The summed E-state index contributed by atoms with van der Waals surface area (Å²) < 4.78 is 15.7. The molecule has 0 heterocycles. The van der Waals surface area contributed by atoms with Gasteiger partial charge in [-0.1, -0.05) is 34.1 Å². The summed E-state index contributed by atoms with van der Waals surface area (Å²) in [5.74, 6) is 0.00549. The molecule has 22 heavy (non-hydrogen) atoms. The number of hydrogen-bond acceptors (Lipinski definition) is 5. The lowest BCUT2D eigenvalue weighted by atomic mass is 9.73. The number of ether oxygens (including phenoxy) is 3. The van der Waals surface area contributed by atoms with Crippen LogP contribution in [0.3, 0.4) is 0 Å². The highest BCUT2D eigenvalue weighted by Gasteiger charge is 2.47. The molecule has 2 unspecified atom stereocenters. The van der Waals surface area contributed by atoms with Gasteiger partial charge >= 0.3 is 12.1 Å². The van der Waals surface area contributed by atoms with Crippen LogP contribution in [-0.4, -0.2) is 31.4 Å². The highest BCUT2D eigenvalue weighted by atomic mass is 16.7. The van der Waals surface area contributed by atoms with Crippen molar-refractivity contribution < 1.29 is 23.8 Å². The van der Waals surface area contributed by atoms with E-state index in [2.05, 4.69) is 0 Å². The predicted octanol–water partition coefficient (Wildman–Crippen LogP) is 4.33. The van der Waals surface area contributed by atoms with Crippen molar-refractivity contribution in [1.29, 1.82) is 0 Å². The Balaban J connectivity index is 5.49. The molecule has 0 aromatic rings. The molecule has 2 atom stereocenters. The van der Waals surface area contributed by atoms with Gasteiger partial charge in [0.05, 0.1) is 13.2 Å². The van der Waals surface area contributed by atoms with Crippen LogP contribution in [0.15, 0.2) is 0 Å². The molecule has 0 bridgehead atoms. The van der Waals surface area contributed by atoms with E-state index in [1.165, 1.54) is 0 Å². The molecule has 0 fully saturated rings. The molecular formula is C17H32O5. The third kappa shape index (κ3) is 5.85. The Morgan fingerprint density at radius 3 is 2.00 bits per heavy atom. The monoisotopic (exact) mass is 316 g/mol. The minimum Gasteiger partial charge on any atom is -0.465 e. The van der Waals surface area contributed by atoms with E-state index >= 15 is 0 Å². The van der Waals surface area contributed by atoms with Crippen LogP contribution in [0.5, 0.6) is 0 Å². The summed E-state index contributed by atoms with van der Waals surface area (Å²) in [6.07, 6.45) is 1.36. The maximum Gasteiger partial charge on any atom is 0.508 e. The molecule has 5 heteroatoms. The molecular weight excluding hydrogens is 284 g/mol. The van der Waals surface area contributed by atoms with Gasteiger partial charge in [0.25, 0.3) is 0 Å². The van der Waals surface area contributed by atoms with E-state index in [9.17, 15) is 9.59 Å². The highest BCUT2D eigenvalue weighted by molar-refractivity contribution is 5.78. The molecule has 0 aliphatic rings. The summed E-state index contributed by atoms with van der Waals surface area (Å²) in [5, 5.41) is 0. The van der Waals surface area contributed by atoms with E-state index in [-0.39, 0.29) is 18.5 Å². The SMILES string of the molecule is CCCC(CC)(C(=O)OCC)C(CC(C)C)OC(=O)OCC. The second kappa shape index (κ2) is 10.5. The van der Waals surface area contributed by atoms with E-state index in [1.807, 2.05) is 27.7 Å². The van der Waals surface area contributed by atoms with Crippen LogP contribution in [0.2, 0.25) is 0 Å². The van der Waals surface area contributed by atoms with Crippen molar-refractivity contribution in [3.63, 3.8) is 0 Å². The lowest BCUT2D eigenvalue weighted by Crippen LogP contribution is -2.46. The molecule has 0 aliphatic heterocycles. The first-order chi connectivity index (χ1) is 10.4. The lowest BCUT2D eigenvalue weighted by Gasteiger charge is -2.37. The maximum absolute atomic E-state index is 12.6. The number of esters is 1. The van der Waals surface area contributed by atoms with Gasteiger partial charge < -0.3 is 14.2 Å². The number of hydrogen-bond donors (Lipinski definition) is 0. The van der Waals surface area contributed by atoms with Crippen LogP contribution in [0.4, 0.5) is 4.79 Å².